The van der Waals surface area contributed by atoms with E-state index in [1.165, 1.54) is 10.9 Å². The van der Waals surface area contributed by atoms with Gasteiger partial charge in [0, 0.05) is 23.0 Å². The Labute approximate surface area is 325 Å². The molecule has 0 amide bonds. The molecule has 4 heterocycles. The van der Waals surface area contributed by atoms with Crippen LogP contribution in [0.3, 0.4) is 0 Å². The number of nitrogens with zero attached hydrogens (tertiary/aromatic N) is 5. The molecule has 256 valence electrons. The topological polar surface area (TPSA) is 49.7 Å². The van der Waals surface area contributed by atoms with Crippen LogP contribution in [0.4, 0.5) is 0 Å². The number of hydrogen-bond acceptors (Lipinski definition) is 2. The van der Waals surface area contributed by atoms with Crippen molar-refractivity contribution >= 4 is 54.6 Å². The van der Waals surface area contributed by atoms with Crippen LogP contribution in [0.25, 0.3) is 99.8 Å². The van der Waals surface area contributed by atoms with E-state index in [0.717, 1.165) is 88.8 Å². The first-order chi connectivity index (χ1) is 26.3. The molecule has 0 aliphatic carbocycles. The van der Waals surface area contributed by atoms with Gasteiger partial charge < -0.3 is 9.55 Å². The van der Waals surface area contributed by atoms with Gasteiger partial charge >= 0.3 is 21.1 Å². The molecule has 0 spiro atoms. The minimum absolute atomic E-state index is 0. The summed E-state index contributed by atoms with van der Waals surface area (Å²) < 4.78 is 4.48. The van der Waals surface area contributed by atoms with Crippen LogP contribution in [-0.4, -0.2) is 19.1 Å². The van der Waals surface area contributed by atoms with Gasteiger partial charge in [-0.15, -0.1) is 34.8 Å². The maximum Gasteiger partial charge on any atom is 2.00 e. The molecule has 0 atom stereocenters. The summed E-state index contributed by atoms with van der Waals surface area (Å²) in [5.74, 6) is 1.71. The predicted molar refractivity (Wildman–Crippen MR) is 217 cm³/mol. The summed E-state index contributed by atoms with van der Waals surface area (Å²) in [4.78, 5) is 15.5. The van der Waals surface area contributed by atoms with Crippen molar-refractivity contribution in [2.45, 2.75) is 0 Å². The second-order valence-electron chi connectivity index (χ2n) is 13.4. The normalized spacial score (nSPS) is 11.6. The summed E-state index contributed by atoms with van der Waals surface area (Å²) in [5.41, 5.74) is 12.2. The Balaban J connectivity index is 0.00000361. The standard InChI is InChI=1S/C48H29N5.Pt/c1-3-13-31(14-4-1)32-24-26-36-39-19-11-20-40(46(39)50-41(36)29-32)48-51-47-35(18-12-22-43(47)52(48)34-15-5-2-6-16-34)33-25-27-38-37-17-7-8-21-42(37)53(44(38)30-33)45-23-9-10-28-49-45;/h1-29H;/q-2;+2. The van der Waals surface area contributed by atoms with Gasteiger partial charge in [0.05, 0.1) is 11.0 Å². The summed E-state index contributed by atoms with van der Waals surface area (Å²) in [7, 11) is 0. The third-order valence-electron chi connectivity index (χ3n) is 10.4. The Hall–Kier alpha value is -6.55. The Morgan fingerprint density at radius 1 is 0.519 bits per heavy atom. The van der Waals surface area contributed by atoms with Gasteiger partial charge in [0.2, 0.25) is 0 Å². The zero-order chi connectivity index (χ0) is 34.9. The SMILES string of the molecule is [Pt+2].[c-]1c(-c2cccc3c2nc(-c2cccc4c2[n-]c2cc(-c5ccccc5)ccc24)n3-c2ccccc2)ccc2c3ccccc3n(-c3ccccn3)c12. The van der Waals surface area contributed by atoms with Gasteiger partial charge in [-0.1, -0.05) is 132 Å². The fraction of sp³-hybridized carbons (Fsp3) is 0. The maximum atomic E-state index is 5.51. The van der Waals surface area contributed by atoms with Crippen molar-refractivity contribution in [2.24, 2.45) is 0 Å². The van der Waals surface area contributed by atoms with Crippen LogP contribution in [0.5, 0.6) is 0 Å². The van der Waals surface area contributed by atoms with Crippen molar-refractivity contribution in [1.82, 2.24) is 24.1 Å². The summed E-state index contributed by atoms with van der Waals surface area (Å²) in [5, 5.41) is 4.55. The molecule has 0 unspecified atom stereocenters. The van der Waals surface area contributed by atoms with Crippen LogP contribution in [0.1, 0.15) is 0 Å². The van der Waals surface area contributed by atoms with Crippen molar-refractivity contribution in [3.63, 3.8) is 0 Å². The molecule has 0 bridgehead atoms. The van der Waals surface area contributed by atoms with Crippen LogP contribution in [0.15, 0.2) is 176 Å². The molecule has 0 aliphatic rings. The van der Waals surface area contributed by atoms with E-state index >= 15 is 0 Å². The molecule has 5 nitrogen and oxygen atoms in total. The molecule has 0 saturated heterocycles. The second kappa shape index (κ2) is 12.8. The van der Waals surface area contributed by atoms with Crippen molar-refractivity contribution in [3.05, 3.63) is 182 Å². The van der Waals surface area contributed by atoms with E-state index in [9.17, 15) is 0 Å². The van der Waals surface area contributed by atoms with Gasteiger partial charge in [0.25, 0.3) is 0 Å². The molecule has 0 saturated carbocycles. The van der Waals surface area contributed by atoms with Gasteiger partial charge in [-0.3, -0.25) is 4.57 Å². The van der Waals surface area contributed by atoms with E-state index in [-0.39, 0.29) is 21.1 Å². The molecule has 11 aromatic rings. The van der Waals surface area contributed by atoms with Crippen LogP contribution in [0, 0.1) is 6.07 Å². The quantitative estimate of drug-likeness (QED) is 0.162. The zero-order valence-corrected chi connectivity index (χ0v) is 31.1. The zero-order valence-electron chi connectivity index (χ0n) is 28.8. The first kappa shape index (κ1) is 32.1. The molecule has 0 N–H and O–H groups in total. The number of rotatable bonds is 5. The first-order valence-corrected chi connectivity index (χ1v) is 17.8. The van der Waals surface area contributed by atoms with Crippen LogP contribution in [0.2, 0.25) is 0 Å². The predicted octanol–water partition coefficient (Wildman–Crippen LogP) is 11.6. The minimum atomic E-state index is 0. The van der Waals surface area contributed by atoms with Crippen LogP contribution >= 0.6 is 0 Å². The maximum absolute atomic E-state index is 5.51. The summed E-state index contributed by atoms with van der Waals surface area (Å²) >= 11 is 0. The third kappa shape index (κ3) is 4.97. The van der Waals surface area contributed by atoms with Crippen LogP contribution in [-0.2, 0) is 21.1 Å². The molecular formula is C48H29N5Pt. The molecule has 6 heteroatoms. The van der Waals surface area contributed by atoms with E-state index in [0.29, 0.717) is 0 Å². The second-order valence-corrected chi connectivity index (χ2v) is 13.4. The van der Waals surface area contributed by atoms with E-state index in [1.54, 1.807) is 0 Å². The summed E-state index contributed by atoms with van der Waals surface area (Å²) in [6.07, 6.45) is 1.84. The minimum Gasteiger partial charge on any atom is -0.656 e. The average molecular weight is 871 g/mol. The molecule has 54 heavy (non-hydrogen) atoms. The van der Waals surface area contributed by atoms with Gasteiger partial charge in [-0.2, -0.15) is 0 Å². The Kier molecular flexibility index (Phi) is 7.64. The van der Waals surface area contributed by atoms with Gasteiger partial charge in [-0.05, 0) is 69.2 Å². The molecular weight excluding hydrogens is 842 g/mol. The number of hydrogen-bond donors (Lipinski definition) is 0. The first-order valence-electron chi connectivity index (χ1n) is 17.8. The smallest absolute Gasteiger partial charge is 0.656 e. The van der Waals surface area contributed by atoms with E-state index in [4.69, 9.17) is 15.0 Å². The van der Waals surface area contributed by atoms with Crippen molar-refractivity contribution < 1.29 is 21.1 Å². The molecule has 11 rings (SSSR count). The summed E-state index contributed by atoms with van der Waals surface area (Å²) in [6.45, 7) is 0. The van der Waals surface area contributed by atoms with Crippen molar-refractivity contribution in [3.8, 4) is 45.1 Å². The number of imidazole rings is 1. The molecule has 0 fully saturated rings. The number of aromatic nitrogens is 5. The van der Waals surface area contributed by atoms with Crippen LogP contribution < -0.4 is 4.98 Å². The Bertz CT molecular complexity index is 3160. The van der Waals surface area contributed by atoms with Crippen molar-refractivity contribution in [2.75, 3.05) is 0 Å². The fourth-order valence-electron chi connectivity index (χ4n) is 7.95. The van der Waals surface area contributed by atoms with Gasteiger partial charge in [0.15, 0.2) is 0 Å². The number of fused-ring (bicyclic) bond motifs is 7. The average Bonchev–Trinajstić information content (AvgIpc) is 3.91. The van der Waals surface area contributed by atoms with Gasteiger partial charge in [-0.25, -0.2) is 9.97 Å². The van der Waals surface area contributed by atoms with Crippen molar-refractivity contribution in [1.29, 1.82) is 0 Å². The fourth-order valence-corrected chi connectivity index (χ4v) is 7.95. The summed E-state index contributed by atoms with van der Waals surface area (Å²) in [6, 6.07) is 63.1. The van der Waals surface area contributed by atoms with Gasteiger partial charge in [0.1, 0.15) is 11.6 Å². The molecule has 0 aliphatic heterocycles. The Morgan fingerprint density at radius 3 is 2.09 bits per heavy atom. The van der Waals surface area contributed by atoms with E-state index < -0.39 is 0 Å². The Morgan fingerprint density at radius 2 is 1.24 bits per heavy atom. The monoisotopic (exact) mass is 870 g/mol. The molecule has 7 aromatic carbocycles. The molecule has 4 aromatic heterocycles. The largest absolute Gasteiger partial charge is 2.00 e. The van der Waals surface area contributed by atoms with E-state index in [1.807, 2.05) is 30.5 Å². The number of benzene rings is 7. The van der Waals surface area contributed by atoms with E-state index in [2.05, 4.69) is 161 Å². The number of pyridine rings is 1. The number of para-hydroxylation sites is 4. The third-order valence-corrected chi connectivity index (χ3v) is 10.4. The molecule has 0 radical (unpaired) electrons.